The molecule has 0 aliphatic rings. The number of hydrogen-bond donors (Lipinski definition) is 0. The number of aromatic nitrogens is 2. The molecule has 6 heteroatoms. The highest BCUT2D eigenvalue weighted by molar-refractivity contribution is 7.17. The Labute approximate surface area is 136 Å². The maximum atomic E-state index is 12.7. The molecule has 5 nitrogen and oxygen atoms in total. The van der Waals surface area contributed by atoms with Gasteiger partial charge in [0, 0.05) is 10.9 Å². The number of benzene rings is 1. The number of aryl methyl sites for hydroxylation is 2. The fraction of sp³-hybridized carbons (Fsp3) is 0.235. The minimum Gasteiger partial charge on any atom is -0.548 e. The van der Waals surface area contributed by atoms with Crippen LogP contribution in [0.25, 0.3) is 21.3 Å². The number of fused-ring (bicyclic) bond motifs is 1. The molecule has 2 aromatic heterocycles. The van der Waals surface area contributed by atoms with Gasteiger partial charge in [0.15, 0.2) is 0 Å². The van der Waals surface area contributed by atoms with Gasteiger partial charge in [-0.05, 0) is 37.5 Å². The molecule has 1 unspecified atom stereocenters. The van der Waals surface area contributed by atoms with Crippen LogP contribution in [0.1, 0.15) is 24.1 Å². The van der Waals surface area contributed by atoms with Crippen LogP contribution in [0.15, 0.2) is 34.7 Å². The Morgan fingerprint density at radius 1 is 1.30 bits per heavy atom. The highest BCUT2D eigenvalue weighted by atomic mass is 32.1. The van der Waals surface area contributed by atoms with Gasteiger partial charge in [0.2, 0.25) is 0 Å². The number of carbonyl (C=O) groups excluding carboxylic acids is 1. The molecule has 0 aliphatic carbocycles. The van der Waals surface area contributed by atoms with E-state index >= 15 is 0 Å². The minimum atomic E-state index is -1.31. The average molecular weight is 327 g/mol. The summed E-state index contributed by atoms with van der Waals surface area (Å²) < 4.78 is 1.11. The van der Waals surface area contributed by atoms with Crippen molar-refractivity contribution >= 4 is 27.5 Å². The Bertz CT molecular complexity index is 972. The van der Waals surface area contributed by atoms with E-state index in [1.54, 1.807) is 0 Å². The van der Waals surface area contributed by atoms with Gasteiger partial charge in [-0.3, -0.25) is 9.36 Å². The summed E-state index contributed by atoms with van der Waals surface area (Å²) in [5, 5.41) is 13.4. The highest BCUT2D eigenvalue weighted by Gasteiger charge is 2.16. The van der Waals surface area contributed by atoms with Crippen LogP contribution in [0.4, 0.5) is 0 Å². The topological polar surface area (TPSA) is 75.0 Å². The van der Waals surface area contributed by atoms with Gasteiger partial charge >= 0.3 is 0 Å². The summed E-state index contributed by atoms with van der Waals surface area (Å²) in [6.45, 7) is 5.45. The number of hydrogen-bond acceptors (Lipinski definition) is 5. The Hall–Kier alpha value is -2.47. The second-order valence-electron chi connectivity index (χ2n) is 5.58. The lowest BCUT2D eigenvalue weighted by Crippen LogP contribution is -2.36. The van der Waals surface area contributed by atoms with Gasteiger partial charge in [-0.2, -0.15) is 0 Å². The monoisotopic (exact) mass is 327 g/mol. The molecule has 0 saturated carbocycles. The van der Waals surface area contributed by atoms with Crippen molar-refractivity contribution in [2.75, 3.05) is 0 Å². The van der Waals surface area contributed by atoms with Crippen LogP contribution in [0.2, 0.25) is 0 Å². The molecule has 3 aromatic rings. The lowest BCUT2D eigenvalue weighted by Gasteiger charge is -2.15. The number of nitrogens with zero attached hydrogens (tertiary/aromatic N) is 2. The van der Waals surface area contributed by atoms with Gasteiger partial charge in [-0.15, -0.1) is 11.3 Å². The summed E-state index contributed by atoms with van der Waals surface area (Å²) in [6.07, 6.45) is 1.27. The fourth-order valence-corrected chi connectivity index (χ4v) is 3.36. The lowest BCUT2D eigenvalue weighted by molar-refractivity contribution is -0.309. The summed E-state index contributed by atoms with van der Waals surface area (Å²) >= 11 is 1.37. The molecule has 2 heterocycles. The van der Waals surface area contributed by atoms with Crippen LogP contribution in [-0.4, -0.2) is 15.5 Å². The first-order valence-corrected chi connectivity index (χ1v) is 8.05. The Morgan fingerprint density at radius 2 is 2.04 bits per heavy atom. The molecule has 0 bridgehead atoms. The maximum absolute atomic E-state index is 12.7. The van der Waals surface area contributed by atoms with E-state index in [4.69, 9.17) is 0 Å². The largest absolute Gasteiger partial charge is 0.548 e. The molecule has 0 saturated heterocycles. The molecular weight excluding hydrogens is 312 g/mol. The van der Waals surface area contributed by atoms with Gasteiger partial charge in [0.05, 0.1) is 23.7 Å². The first-order valence-electron chi connectivity index (χ1n) is 7.17. The van der Waals surface area contributed by atoms with E-state index < -0.39 is 12.0 Å². The lowest BCUT2D eigenvalue weighted by atomic mass is 10.0. The Kier molecular flexibility index (Phi) is 3.77. The molecule has 0 spiro atoms. The van der Waals surface area contributed by atoms with Gasteiger partial charge in [-0.25, -0.2) is 4.98 Å². The van der Waals surface area contributed by atoms with E-state index in [0.717, 1.165) is 21.3 Å². The fourth-order valence-electron chi connectivity index (χ4n) is 2.46. The van der Waals surface area contributed by atoms with Crippen molar-refractivity contribution in [1.82, 2.24) is 9.55 Å². The molecule has 0 aliphatic heterocycles. The number of thiophene rings is 1. The summed E-state index contributed by atoms with van der Waals surface area (Å²) in [5.41, 5.74) is 3.66. The van der Waals surface area contributed by atoms with E-state index in [-0.39, 0.29) is 5.56 Å². The first kappa shape index (κ1) is 15.4. The van der Waals surface area contributed by atoms with Gasteiger partial charge in [-0.1, -0.05) is 18.2 Å². The SMILES string of the molecule is Cc1ccc(-c2csc3ncn(C(C)C(=O)[O-])c(=O)c23)cc1C. The van der Waals surface area contributed by atoms with Crippen molar-refractivity contribution in [2.24, 2.45) is 0 Å². The van der Waals surface area contributed by atoms with Gasteiger partial charge in [0.1, 0.15) is 4.83 Å². The molecule has 0 amide bonds. The van der Waals surface area contributed by atoms with E-state index in [0.29, 0.717) is 10.2 Å². The molecule has 23 heavy (non-hydrogen) atoms. The smallest absolute Gasteiger partial charge is 0.263 e. The van der Waals surface area contributed by atoms with Crippen LogP contribution in [0.3, 0.4) is 0 Å². The predicted molar refractivity (Wildman–Crippen MR) is 88.5 cm³/mol. The number of carboxylic acids is 1. The number of aliphatic carboxylic acids is 1. The summed E-state index contributed by atoms with van der Waals surface area (Å²) in [5.74, 6) is -1.31. The number of carboxylic acid groups (broad SMARTS) is 1. The molecule has 0 N–H and O–H groups in total. The summed E-state index contributed by atoms with van der Waals surface area (Å²) in [6, 6.07) is 4.93. The minimum absolute atomic E-state index is 0.360. The normalized spacial score (nSPS) is 12.5. The van der Waals surface area contributed by atoms with Crippen molar-refractivity contribution < 1.29 is 9.90 Å². The van der Waals surface area contributed by atoms with E-state index in [1.807, 2.05) is 37.4 Å². The van der Waals surface area contributed by atoms with Gasteiger partial charge < -0.3 is 9.90 Å². The third-order valence-electron chi connectivity index (χ3n) is 4.10. The third-order valence-corrected chi connectivity index (χ3v) is 4.98. The van der Waals surface area contributed by atoms with Crippen LogP contribution >= 0.6 is 11.3 Å². The van der Waals surface area contributed by atoms with Crippen LogP contribution < -0.4 is 10.7 Å². The second kappa shape index (κ2) is 5.62. The van der Waals surface area contributed by atoms with Crippen molar-refractivity contribution in [3.8, 4) is 11.1 Å². The Morgan fingerprint density at radius 3 is 2.70 bits per heavy atom. The van der Waals surface area contributed by atoms with Crippen molar-refractivity contribution in [3.63, 3.8) is 0 Å². The molecular formula is C17H15N2O3S-. The molecule has 118 valence electrons. The molecule has 1 aromatic carbocycles. The van der Waals surface area contributed by atoms with Crippen LogP contribution in [-0.2, 0) is 4.79 Å². The quantitative estimate of drug-likeness (QED) is 0.738. The van der Waals surface area contributed by atoms with E-state index in [9.17, 15) is 14.7 Å². The zero-order valence-corrected chi connectivity index (χ0v) is 13.8. The van der Waals surface area contributed by atoms with Crippen molar-refractivity contribution in [1.29, 1.82) is 0 Å². The maximum Gasteiger partial charge on any atom is 0.263 e. The average Bonchev–Trinajstić information content (AvgIpc) is 2.94. The first-order chi connectivity index (χ1) is 10.9. The summed E-state index contributed by atoms with van der Waals surface area (Å²) in [7, 11) is 0. The van der Waals surface area contributed by atoms with E-state index in [2.05, 4.69) is 4.98 Å². The zero-order chi connectivity index (χ0) is 16.7. The Balaban J connectivity index is 2.27. The van der Waals surface area contributed by atoms with Crippen LogP contribution in [0.5, 0.6) is 0 Å². The highest BCUT2D eigenvalue weighted by Crippen LogP contribution is 2.31. The second-order valence-corrected chi connectivity index (χ2v) is 6.44. The molecule has 0 fully saturated rings. The number of rotatable bonds is 3. The summed E-state index contributed by atoms with van der Waals surface area (Å²) in [4.78, 5) is 28.6. The molecule has 0 radical (unpaired) electrons. The molecule has 1 atom stereocenters. The predicted octanol–water partition coefficient (Wildman–Crippen LogP) is 2.05. The zero-order valence-electron chi connectivity index (χ0n) is 13.0. The van der Waals surface area contributed by atoms with Gasteiger partial charge in [0.25, 0.3) is 5.56 Å². The van der Waals surface area contributed by atoms with Crippen molar-refractivity contribution in [2.45, 2.75) is 26.8 Å². The van der Waals surface area contributed by atoms with E-state index in [1.165, 1.54) is 30.2 Å². The standard InChI is InChI=1S/C17H16N2O3S/c1-9-4-5-12(6-10(9)2)13-7-23-15-14(13)16(20)19(8-18-15)11(3)17(21)22/h4-8,11H,1-3H3,(H,21,22)/p-1. The molecule has 3 rings (SSSR count). The van der Waals surface area contributed by atoms with Crippen molar-refractivity contribution in [3.05, 3.63) is 51.4 Å². The number of carbonyl (C=O) groups is 1. The third kappa shape index (κ3) is 2.55. The van der Waals surface area contributed by atoms with Crippen LogP contribution in [0, 0.1) is 13.8 Å².